The number of esters is 2. The third kappa shape index (κ3) is 71.6. The Morgan fingerprint density at radius 3 is 0.944 bits per heavy atom. The van der Waals surface area contributed by atoms with Gasteiger partial charge in [0.25, 0.3) is 6.29 Å². The summed E-state index contributed by atoms with van der Waals surface area (Å²) in [5.74, 6) is -1.99. The minimum absolute atomic E-state index is 0.182. The SMILES string of the molecule is CC/C=C\C/C=C\C/C=C\C/C=C\C/C=C\C/C=C\C/C=C\C/C=C\CCCCCCCCCCCCCCC(=O)OC(COC(=O)CCCCCCCCCCCCCCCCCCCCCCCCCCCCCC)COC(OCC[N+](C)(C)C)C(=O)O. The fourth-order valence-corrected chi connectivity index (χ4v) is 10.9. The van der Waals surface area contributed by atoms with Crippen LogP contribution in [0.3, 0.4) is 0 Å². The van der Waals surface area contributed by atoms with Gasteiger partial charge in [0.05, 0.1) is 34.4 Å². The summed E-state index contributed by atoms with van der Waals surface area (Å²) < 4.78 is 23.0. The molecular weight excluding hydrogens is 1110 g/mol. The predicted octanol–water partition coefficient (Wildman–Crippen LogP) is 24.0. The molecule has 0 fully saturated rings. The predicted molar refractivity (Wildman–Crippen MR) is 387 cm³/mol. The van der Waals surface area contributed by atoms with Gasteiger partial charge in [-0.1, -0.05) is 349 Å². The molecule has 0 bridgehead atoms. The third-order valence-corrected chi connectivity index (χ3v) is 16.6. The lowest BCUT2D eigenvalue weighted by molar-refractivity contribution is -0.870. The molecule has 0 aliphatic carbocycles. The van der Waals surface area contributed by atoms with E-state index in [-0.39, 0.29) is 32.2 Å². The zero-order valence-corrected chi connectivity index (χ0v) is 59.5. The molecule has 520 valence electrons. The molecule has 0 aliphatic rings. The van der Waals surface area contributed by atoms with Gasteiger partial charge in [-0.2, -0.15) is 0 Å². The minimum atomic E-state index is -1.51. The van der Waals surface area contributed by atoms with E-state index in [4.69, 9.17) is 18.9 Å². The number of carboxylic acid groups (broad SMARTS) is 1. The molecule has 0 saturated heterocycles. The van der Waals surface area contributed by atoms with Crippen molar-refractivity contribution >= 4 is 17.9 Å². The summed E-state index contributed by atoms with van der Waals surface area (Å²) in [6.07, 6.45) is 95.4. The number of unbranched alkanes of at least 4 members (excludes halogenated alkanes) is 39. The minimum Gasteiger partial charge on any atom is -0.477 e. The van der Waals surface area contributed by atoms with Gasteiger partial charge in [-0.15, -0.1) is 0 Å². The first-order valence-electron chi connectivity index (χ1n) is 37.9. The van der Waals surface area contributed by atoms with E-state index in [0.717, 1.165) is 89.9 Å². The topological polar surface area (TPSA) is 108 Å². The normalized spacial score (nSPS) is 13.2. The van der Waals surface area contributed by atoms with Crippen LogP contribution in [0.4, 0.5) is 0 Å². The molecule has 0 amide bonds. The van der Waals surface area contributed by atoms with E-state index in [1.165, 1.54) is 218 Å². The number of ether oxygens (including phenoxy) is 4. The molecule has 0 aliphatic heterocycles. The van der Waals surface area contributed by atoms with Crippen molar-refractivity contribution in [1.29, 1.82) is 0 Å². The lowest BCUT2D eigenvalue weighted by Crippen LogP contribution is -2.40. The average molecular weight is 1260 g/mol. The lowest BCUT2D eigenvalue weighted by atomic mass is 10.0. The lowest BCUT2D eigenvalue weighted by Gasteiger charge is -2.25. The van der Waals surface area contributed by atoms with Gasteiger partial charge in [0.1, 0.15) is 13.2 Å². The van der Waals surface area contributed by atoms with Crippen molar-refractivity contribution in [1.82, 2.24) is 0 Å². The fourth-order valence-electron chi connectivity index (χ4n) is 10.9. The highest BCUT2D eigenvalue weighted by molar-refractivity contribution is 5.71. The van der Waals surface area contributed by atoms with Crippen molar-refractivity contribution in [2.24, 2.45) is 0 Å². The van der Waals surface area contributed by atoms with Crippen LogP contribution in [0.2, 0.25) is 0 Å². The summed E-state index contributed by atoms with van der Waals surface area (Å²) in [6, 6.07) is 0. The Morgan fingerprint density at radius 2 is 0.633 bits per heavy atom. The zero-order valence-electron chi connectivity index (χ0n) is 59.5. The van der Waals surface area contributed by atoms with Gasteiger partial charge >= 0.3 is 17.9 Å². The number of allylic oxidation sites excluding steroid dienone is 16. The molecule has 0 rings (SSSR count). The van der Waals surface area contributed by atoms with E-state index in [2.05, 4.69) is 111 Å². The number of hydrogen-bond acceptors (Lipinski definition) is 7. The van der Waals surface area contributed by atoms with Crippen molar-refractivity contribution < 1.29 is 42.9 Å². The number of carboxylic acids is 1. The largest absolute Gasteiger partial charge is 0.477 e. The second-order valence-electron chi connectivity index (χ2n) is 26.6. The van der Waals surface area contributed by atoms with Gasteiger partial charge in [0.15, 0.2) is 6.10 Å². The molecule has 0 heterocycles. The summed E-state index contributed by atoms with van der Waals surface area (Å²) in [6.45, 7) is 4.81. The molecule has 9 nitrogen and oxygen atoms in total. The smallest absolute Gasteiger partial charge is 0.361 e. The van der Waals surface area contributed by atoms with Crippen molar-refractivity contribution in [2.75, 3.05) is 47.5 Å². The monoisotopic (exact) mass is 1260 g/mol. The molecule has 2 unspecified atom stereocenters. The number of hydrogen-bond donors (Lipinski definition) is 1. The van der Waals surface area contributed by atoms with Crippen LogP contribution in [-0.4, -0.2) is 87.4 Å². The second-order valence-corrected chi connectivity index (χ2v) is 26.6. The van der Waals surface area contributed by atoms with Crippen LogP contribution in [0.5, 0.6) is 0 Å². The average Bonchev–Trinajstić information content (AvgIpc) is 3.74. The Bertz CT molecular complexity index is 1800. The molecule has 0 aromatic rings. The van der Waals surface area contributed by atoms with Crippen LogP contribution in [0.25, 0.3) is 0 Å². The van der Waals surface area contributed by atoms with E-state index >= 15 is 0 Å². The molecule has 90 heavy (non-hydrogen) atoms. The highest BCUT2D eigenvalue weighted by Crippen LogP contribution is 2.19. The van der Waals surface area contributed by atoms with Crippen LogP contribution in [0, 0.1) is 0 Å². The van der Waals surface area contributed by atoms with Crippen LogP contribution in [-0.2, 0) is 33.3 Å². The molecule has 2 atom stereocenters. The van der Waals surface area contributed by atoms with E-state index in [1.807, 2.05) is 21.1 Å². The van der Waals surface area contributed by atoms with Crippen LogP contribution >= 0.6 is 0 Å². The number of carbonyl (C=O) groups is 3. The number of aliphatic carboxylic acids is 1. The molecule has 0 saturated carbocycles. The number of rotatable bonds is 70. The van der Waals surface area contributed by atoms with Crippen molar-refractivity contribution in [3.8, 4) is 0 Å². The summed E-state index contributed by atoms with van der Waals surface area (Å²) in [4.78, 5) is 37.7. The first-order valence-corrected chi connectivity index (χ1v) is 37.9. The first-order chi connectivity index (χ1) is 44.1. The highest BCUT2D eigenvalue weighted by atomic mass is 16.7. The van der Waals surface area contributed by atoms with Gasteiger partial charge in [0, 0.05) is 12.8 Å². The number of nitrogens with zero attached hydrogens (tertiary/aromatic N) is 1. The van der Waals surface area contributed by atoms with Crippen LogP contribution in [0.15, 0.2) is 97.2 Å². The number of quaternary nitrogens is 1. The maximum atomic E-state index is 13.0. The molecule has 0 aromatic carbocycles. The molecule has 0 aromatic heterocycles. The Kier molecular flexibility index (Phi) is 68.1. The zero-order chi connectivity index (χ0) is 65.4. The summed E-state index contributed by atoms with van der Waals surface area (Å²) >= 11 is 0. The van der Waals surface area contributed by atoms with Gasteiger partial charge in [-0.3, -0.25) is 9.59 Å². The Hall–Kier alpha value is -3.79. The highest BCUT2D eigenvalue weighted by Gasteiger charge is 2.25. The van der Waals surface area contributed by atoms with E-state index < -0.39 is 24.3 Å². The van der Waals surface area contributed by atoms with E-state index in [9.17, 15) is 19.5 Å². The van der Waals surface area contributed by atoms with Crippen molar-refractivity contribution in [3.05, 3.63) is 97.2 Å². The van der Waals surface area contributed by atoms with Crippen LogP contribution < -0.4 is 0 Å². The maximum Gasteiger partial charge on any atom is 0.361 e. The standard InChI is InChI=1S/C81H143NO8/c1-6-8-10-12-14-16-18-20-22-24-26-28-30-32-34-36-37-38-39-40-41-42-43-44-46-48-50-52-54-56-58-60-62-64-66-68-70-72-79(84)90-77(76-89-81(80(85)86)87-74-73-82(3,4)5)75-88-78(83)71-69-67-65-63-61-59-57-55-53-51-49-47-45-35-33-31-29-27-25-23-21-19-17-15-13-11-9-7-2/h8,10,14,16,20,22,26,28,32,34,37-38,40-41,43-44,77,81H,6-7,9,11-13,15,17-19,21,23-25,27,29-31,33,35-36,39,42,45-76H2,1-5H3/p+1/b10-8-,16-14-,22-20-,28-26-,34-32-,38-37-,41-40-,44-43-. The summed E-state index contributed by atoms with van der Waals surface area (Å²) in [5.41, 5.74) is 0. The first kappa shape index (κ1) is 86.2. The molecular formula is C81H144NO8+. The van der Waals surface area contributed by atoms with Crippen LogP contribution in [0.1, 0.15) is 341 Å². The quantitative estimate of drug-likeness (QED) is 0.0211. The Balaban J connectivity index is 4.08. The number of likely N-dealkylation sites (N-methyl/N-ethyl adjacent to an activating group) is 1. The third-order valence-electron chi connectivity index (χ3n) is 16.6. The van der Waals surface area contributed by atoms with Gasteiger partial charge in [-0.25, -0.2) is 4.79 Å². The summed E-state index contributed by atoms with van der Waals surface area (Å²) in [7, 11) is 5.99. The number of carbonyl (C=O) groups excluding carboxylic acids is 2. The second kappa shape index (κ2) is 71.1. The van der Waals surface area contributed by atoms with E-state index in [0.29, 0.717) is 23.9 Å². The molecule has 1 N–H and O–H groups in total. The Morgan fingerprint density at radius 1 is 0.344 bits per heavy atom. The Labute approximate surface area is 556 Å². The summed E-state index contributed by atoms with van der Waals surface area (Å²) in [5, 5.41) is 9.76. The molecule has 0 radical (unpaired) electrons. The molecule has 0 spiro atoms. The van der Waals surface area contributed by atoms with Gasteiger partial charge in [-0.05, 0) is 77.0 Å². The van der Waals surface area contributed by atoms with Crippen molar-refractivity contribution in [2.45, 2.75) is 354 Å². The van der Waals surface area contributed by atoms with Crippen molar-refractivity contribution in [3.63, 3.8) is 0 Å². The maximum absolute atomic E-state index is 13.0. The molecule has 9 heteroatoms. The fraction of sp³-hybridized carbons (Fsp3) is 0.765. The van der Waals surface area contributed by atoms with Gasteiger partial charge < -0.3 is 28.5 Å². The van der Waals surface area contributed by atoms with E-state index in [1.54, 1.807) is 0 Å². The van der Waals surface area contributed by atoms with Gasteiger partial charge in [0.2, 0.25) is 0 Å².